The Hall–Kier alpha value is -12.2. The molecule has 0 spiro atoms. The van der Waals surface area contributed by atoms with E-state index >= 15 is 0 Å². The van der Waals surface area contributed by atoms with Gasteiger partial charge in [0.1, 0.15) is 0 Å². The maximum atomic E-state index is 5.40. The van der Waals surface area contributed by atoms with Gasteiger partial charge in [-0.15, -0.1) is 12.3 Å². The Morgan fingerprint density at radius 3 is 1.27 bits per heavy atom. The molecule has 18 rings (SSSR count). The first-order valence-electron chi connectivity index (χ1n) is 32.0. The van der Waals surface area contributed by atoms with Crippen molar-refractivity contribution >= 4 is 124 Å². The summed E-state index contributed by atoms with van der Waals surface area (Å²) in [6.45, 7) is 0.866. The number of para-hydroxylation sites is 12. The predicted octanol–water partition coefficient (Wildman–Crippen LogP) is 25.0. The van der Waals surface area contributed by atoms with E-state index in [0.717, 1.165) is 35.7 Å². The van der Waals surface area contributed by atoms with Crippen LogP contribution in [-0.4, -0.2) is 16.1 Å². The summed E-state index contributed by atoms with van der Waals surface area (Å²) in [5, 5.41) is 17.9. The van der Waals surface area contributed by atoms with E-state index in [2.05, 4.69) is 315 Å². The molecule has 6 nitrogen and oxygen atoms in total. The number of rotatable bonds is 7. The number of fused-ring (bicyclic) bond motifs is 11. The largest absolute Gasteiger partial charge is 0.356 e. The lowest BCUT2D eigenvalue weighted by Crippen LogP contribution is -2.21. The SMILES string of the molecule is C.C#CCCN1c2ccccc2Sc2ccccc21.C1=Cc2ccccc2Nc2ccccc21.c1ccc(-n2c3ccccc3c3ccccc32)cc1.c1ccc(Nc2cccc3ccccc23)cc1.c1ccc(Nc2ccccc2)cc1.c1ccc2c(c1)[nH]c1ccccc12. The van der Waals surface area contributed by atoms with E-state index in [1.807, 2.05) is 103 Å². The molecule has 2 aliphatic heterocycles. The van der Waals surface area contributed by atoms with E-state index in [-0.39, 0.29) is 7.43 Å². The molecule has 14 aromatic carbocycles. The summed E-state index contributed by atoms with van der Waals surface area (Å²) in [4.78, 5) is 8.30. The number of terminal acetylenes is 1. The lowest BCUT2D eigenvalue weighted by atomic mass is 10.1. The molecule has 4 N–H and O–H groups in total. The van der Waals surface area contributed by atoms with Gasteiger partial charge < -0.3 is 30.4 Å². The number of hydrogen-bond acceptors (Lipinski definition) is 5. The summed E-state index contributed by atoms with van der Waals surface area (Å²) in [6, 6.07) is 123. The van der Waals surface area contributed by atoms with Crippen LogP contribution in [0, 0.1) is 12.3 Å². The van der Waals surface area contributed by atoms with Gasteiger partial charge in [-0.05, 0) is 132 Å². The number of H-pyrrole nitrogens is 1. The van der Waals surface area contributed by atoms with Crippen molar-refractivity contribution in [2.24, 2.45) is 0 Å². The second-order valence-electron chi connectivity index (χ2n) is 22.6. The van der Waals surface area contributed by atoms with Crippen LogP contribution in [0.25, 0.3) is 72.2 Å². The summed E-state index contributed by atoms with van der Waals surface area (Å²) in [5.41, 5.74) is 18.0. The van der Waals surface area contributed by atoms with Gasteiger partial charge in [0, 0.05) is 101 Å². The molecule has 96 heavy (non-hydrogen) atoms. The van der Waals surface area contributed by atoms with E-state index in [1.165, 1.54) is 104 Å². The Labute approximate surface area is 567 Å². The predicted molar refractivity (Wildman–Crippen MR) is 416 cm³/mol. The van der Waals surface area contributed by atoms with Crippen LogP contribution in [0.4, 0.5) is 45.5 Å². The Kier molecular flexibility index (Phi) is 21.2. The van der Waals surface area contributed by atoms with Crippen molar-refractivity contribution in [2.45, 2.75) is 23.6 Å². The van der Waals surface area contributed by atoms with Gasteiger partial charge in [0.2, 0.25) is 0 Å². The molecule has 4 heterocycles. The maximum absolute atomic E-state index is 5.40. The number of aromatic amines is 1. The number of hydrogen-bond donors (Lipinski definition) is 4. The lowest BCUT2D eigenvalue weighted by molar-refractivity contribution is 0.927. The van der Waals surface area contributed by atoms with Crippen LogP contribution in [-0.2, 0) is 0 Å². The zero-order valence-electron chi connectivity index (χ0n) is 52.5. The van der Waals surface area contributed by atoms with Gasteiger partial charge in [0.05, 0.1) is 22.4 Å². The summed E-state index contributed by atoms with van der Waals surface area (Å²) in [6.07, 6.45) is 10.5. The zero-order valence-corrected chi connectivity index (χ0v) is 53.3. The molecule has 0 radical (unpaired) electrons. The minimum absolute atomic E-state index is 0. The molecular formula is C89H74N6S. The zero-order chi connectivity index (χ0) is 64.2. The molecule has 0 aliphatic carbocycles. The molecule has 0 saturated heterocycles. The molecule has 2 aliphatic rings. The second-order valence-corrected chi connectivity index (χ2v) is 23.7. The van der Waals surface area contributed by atoms with Crippen LogP contribution in [0.3, 0.4) is 0 Å². The molecule has 0 fully saturated rings. The highest BCUT2D eigenvalue weighted by Gasteiger charge is 2.22. The van der Waals surface area contributed by atoms with Gasteiger partial charge in [-0.2, -0.15) is 0 Å². The maximum Gasteiger partial charge on any atom is 0.0553 e. The second kappa shape index (κ2) is 31.9. The van der Waals surface area contributed by atoms with Crippen LogP contribution in [0.1, 0.15) is 25.0 Å². The van der Waals surface area contributed by atoms with Crippen molar-refractivity contribution < 1.29 is 0 Å². The van der Waals surface area contributed by atoms with E-state index in [1.54, 1.807) is 0 Å². The molecule has 2 aromatic heterocycles. The number of nitrogens with zero attached hydrogens (tertiary/aromatic N) is 2. The molecule has 0 bridgehead atoms. The molecule has 466 valence electrons. The van der Waals surface area contributed by atoms with Crippen molar-refractivity contribution in [2.75, 3.05) is 27.4 Å². The summed E-state index contributed by atoms with van der Waals surface area (Å²) in [7, 11) is 0. The summed E-state index contributed by atoms with van der Waals surface area (Å²) in [5.74, 6) is 2.73. The first-order chi connectivity index (χ1) is 47.1. The molecule has 0 unspecified atom stereocenters. The minimum atomic E-state index is 0. The lowest BCUT2D eigenvalue weighted by Gasteiger charge is -2.32. The Morgan fingerprint density at radius 2 is 0.750 bits per heavy atom. The van der Waals surface area contributed by atoms with E-state index in [9.17, 15) is 0 Å². The van der Waals surface area contributed by atoms with E-state index < -0.39 is 0 Å². The first-order valence-corrected chi connectivity index (χ1v) is 32.8. The highest BCUT2D eigenvalue weighted by atomic mass is 32.2. The number of aromatic nitrogens is 2. The van der Waals surface area contributed by atoms with Crippen molar-refractivity contribution in [1.29, 1.82) is 0 Å². The van der Waals surface area contributed by atoms with Crippen molar-refractivity contribution in [1.82, 2.24) is 9.55 Å². The Morgan fingerprint density at radius 1 is 0.354 bits per heavy atom. The van der Waals surface area contributed by atoms with Gasteiger partial charge in [0.15, 0.2) is 0 Å². The molecular weight excluding hydrogens is 1190 g/mol. The van der Waals surface area contributed by atoms with Crippen molar-refractivity contribution in [3.05, 3.63) is 369 Å². The van der Waals surface area contributed by atoms with E-state index in [0.29, 0.717) is 0 Å². The number of anilines is 8. The fourth-order valence-electron chi connectivity index (χ4n) is 11.8. The van der Waals surface area contributed by atoms with Gasteiger partial charge in [-0.25, -0.2) is 0 Å². The number of nitrogens with one attached hydrogen (secondary N) is 4. The van der Waals surface area contributed by atoms with Crippen LogP contribution in [0.5, 0.6) is 0 Å². The van der Waals surface area contributed by atoms with Gasteiger partial charge in [0.25, 0.3) is 0 Å². The van der Waals surface area contributed by atoms with Crippen LogP contribution in [0.15, 0.2) is 368 Å². The molecule has 0 atom stereocenters. The summed E-state index contributed by atoms with van der Waals surface area (Å²) >= 11 is 1.83. The third kappa shape index (κ3) is 15.5. The highest BCUT2D eigenvalue weighted by molar-refractivity contribution is 7.99. The Bertz CT molecular complexity index is 4990. The molecule has 7 heteroatoms. The summed E-state index contributed by atoms with van der Waals surface area (Å²) < 4.78 is 2.32. The van der Waals surface area contributed by atoms with Crippen LogP contribution in [0.2, 0.25) is 0 Å². The van der Waals surface area contributed by atoms with Crippen LogP contribution < -0.4 is 20.9 Å². The Balaban J connectivity index is 0.000000110. The fourth-order valence-corrected chi connectivity index (χ4v) is 12.9. The van der Waals surface area contributed by atoms with Gasteiger partial charge >= 0.3 is 0 Å². The topological polar surface area (TPSA) is 60.0 Å². The molecule has 0 amide bonds. The third-order valence-electron chi connectivity index (χ3n) is 16.3. The van der Waals surface area contributed by atoms with Crippen molar-refractivity contribution in [3.63, 3.8) is 0 Å². The van der Waals surface area contributed by atoms with Gasteiger partial charge in [-0.3, -0.25) is 0 Å². The number of benzene rings is 14. The average Bonchev–Trinajstić information content (AvgIpc) is 1.62. The van der Waals surface area contributed by atoms with Crippen molar-refractivity contribution in [3.8, 4) is 18.0 Å². The first kappa shape index (κ1) is 63.9. The van der Waals surface area contributed by atoms with E-state index in [4.69, 9.17) is 6.42 Å². The molecule has 16 aromatic rings. The minimum Gasteiger partial charge on any atom is -0.356 e. The highest BCUT2D eigenvalue weighted by Crippen LogP contribution is 2.48. The average molecular weight is 1260 g/mol. The molecule has 0 saturated carbocycles. The fraction of sp³-hybridized carbons (Fsp3) is 0.0337. The smallest absolute Gasteiger partial charge is 0.0553 e. The monoisotopic (exact) mass is 1260 g/mol. The third-order valence-corrected chi connectivity index (χ3v) is 17.5. The quantitative estimate of drug-likeness (QED) is 0.120. The van der Waals surface area contributed by atoms with Gasteiger partial charge in [-0.1, -0.05) is 274 Å². The van der Waals surface area contributed by atoms with Crippen LogP contribution >= 0.6 is 11.8 Å². The standard InChI is InChI=1S/C18H13N.C16H13NS.C16H13N.C14H11N.C12H9N.C12H11N.CH4/c1-2-8-14(9-3-1)19-17-12-6-4-10-15(17)16-11-5-7-13-18(16)19;1-2-3-12-17-13-8-4-6-10-15(13)18-16-11-7-5-9-14(16)17;1-2-9-14(10-3-1)17-16-12-6-8-13-7-4-5-11-15(13)16;1-3-7-13-11(5-1)9-10-12-6-2-4-8-14(12)15-13;1-3-7-11-9(5-1)10-6-2-4-8-12(10)13-11;1-3-7-11(8-4-1)13-12-9-5-2-6-10-12;/h1-13H;1,4-11H,3,12H2;1-12,17H;1-10,15H;1-8,13H;1-10,13H;1H4. The normalized spacial score (nSPS) is 11.1.